The average molecular weight is 245 g/mol. The number of aryl methyl sites for hydroxylation is 1. The summed E-state index contributed by atoms with van der Waals surface area (Å²) in [5, 5.41) is 11.6. The van der Waals surface area contributed by atoms with Crippen molar-refractivity contribution in [3.05, 3.63) is 35.7 Å². The topological polar surface area (TPSA) is 86.7 Å². The van der Waals surface area contributed by atoms with Gasteiger partial charge in [0.05, 0.1) is 5.69 Å². The summed E-state index contributed by atoms with van der Waals surface area (Å²) in [6.07, 6.45) is 1.57. The highest BCUT2D eigenvalue weighted by atomic mass is 16.1. The normalized spacial score (nSPS) is 10.6. The fraction of sp³-hybridized carbons (Fsp3) is 0.333. The number of rotatable bonds is 5. The molecule has 0 amide bonds. The molecule has 0 unspecified atom stereocenters. The predicted octanol–water partition coefficient (Wildman–Crippen LogP) is 0.756. The van der Waals surface area contributed by atoms with Crippen LogP contribution in [0.1, 0.15) is 29.5 Å². The van der Waals surface area contributed by atoms with Crippen LogP contribution in [0.15, 0.2) is 24.3 Å². The SMILES string of the molecule is CC(=O)c1ccc(-n2nnnc2CCCN)cc1. The van der Waals surface area contributed by atoms with Gasteiger partial charge >= 0.3 is 0 Å². The molecule has 6 nitrogen and oxygen atoms in total. The number of ketones is 1. The first-order valence-electron chi connectivity index (χ1n) is 5.81. The van der Waals surface area contributed by atoms with Gasteiger partial charge in [-0.2, -0.15) is 4.68 Å². The molecule has 2 aromatic rings. The molecule has 0 saturated heterocycles. The number of nitrogens with zero attached hydrogens (tertiary/aromatic N) is 4. The fourth-order valence-electron chi connectivity index (χ4n) is 1.66. The Kier molecular flexibility index (Phi) is 3.78. The van der Waals surface area contributed by atoms with E-state index in [-0.39, 0.29) is 5.78 Å². The lowest BCUT2D eigenvalue weighted by atomic mass is 10.1. The molecule has 0 saturated carbocycles. The molecule has 0 spiro atoms. The zero-order valence-corrected chi connectivity index (χ0v) is 10.2. The number of benzene rings is 1. The first kappa shape index (κ1) is 12.4. The van der Waals surface area contributed by atoms with E-state index in [1.807, 2.05) is 12.1 Å². The van der Waals surface area contributed by atoms with Crippen LogP contribution in [-0.2, 0) is 6.42 Å². The van der Waals surface area contributed by atoms with Crippen LogP contribution in [0.5, 0.6) is 0 Å². The Morgan fingerprint density at radius 3 is 2.67 bits per heavy atom. The average Bonchev–Trinajstić information content (AvgIpc) is 2.84. The van der Waals surface area contributed by atoms with Gasteiger partial charge in [-0.3, -0.25) is 4.79 Å². The van der Waals surface area contributed by atoms with E-state index in [1.54, 1.807) is 23.7 Å². The smallest absolute Gasteiger partial charge is 0.159 e. The molecule has 18 heavy (non-hydrogen) atoms. The highest BCUT2D eigenvalue weighted by Crippen LogP contribution is 2.11. The monoisotopic (exact) mass is 245 g/mol. The molecule has 2 N–H and O–H groups in total. The van der Waals surface area contributed by atoms with E-state index in [2.05, 4.69) is 15.5 Å². The molecule has 0 radical (unpaired) electrons. The van der Waals surface area contributed by atoms with Crippen molar-refractivity contribution in [1.29, 1.82) is 0 Å². The summed E-state index contributed by atoms with van der Waals surface area (Å²) in [6, 6.07) is 7.20. The highest BCUT2D eigenvalue weighted by molar-refractivity contribution is 5.94. The van der Waals surface area contributed by atoms with Crippen LogP contribution in [0, 0.1) is 0 Å². The first-order valence-corrected chi connectivity index (χ1v) is 5.81. The minimum absolute atomic E-state index is 0.0432. The predicted molar refractivity (Wildman–Crippen MR) is 66.5 cm³/mol. The van der Waals surface area contributed by atoms with Gasteiger partial charge in [-0.25, -0.2) is 0 Å². The lowest BCUT2D eigenvalue weighted by Gasteiger charge is -2.04. The van der Waals surface area contributed by atoms with Gasteiger partial charge in [0.25, 0.3) is 0 Å². The maximum absolute atomic E-state index is 11.2. The molecule has 1 heterocycles. The Morgan fingerprint density at radius 2 is 2.06 bits per heavy atom. The minimum atomic E-state index is 0.0432. The van der Waals surface area contributed by atoms with E-state index >= 15 is 0 Å². The zero-order chi connectivity index (χ0) is 13.0. The highest BCUT2D eigenvalue weighted by Gasteiger charge is 2.08. The Bertz CT molecular complexity index is 532. The van der Waals surface area contributed by atoms with E-state index in [1.165, 1.54) is 0 Å². The Balaban J connectivity index is 2.25. The lowest BCUT2D eigenvalue weighted by molar-refractivity contribution is 0.101. The Morgan fingerprint density at radius 1 is 1.33 bits per heavy atom. The number of carbonyl (C=O) groups is 1. The molecule has 1 aromatic carbocycles. The van der Waals surface area contributed by atoms with Crippen molar-refractivity contribution in [3.63, 3.8) is 0 Å². The van der Waals surface area contributed by atoms with Crippen LogP contribution in [0.3, 0.4) is 0 Å². The standard InChI is InChI=1S/C12H15N5O/c1-9(18)10-4-6-11(7-5-10)17-12(3-2-8-13)14-15-16-17/h4-7H,2-3,8,13H2,1H3. The molecule has 0 fully saturated rings. The summed E-state index contributed by atoms with van der Waals surface area (Å²) in [4.78, 5) is 11.2. The number of aromatic nitrogens is 4. The summed E-state index contributed by atoms with van der Waals surface area (Å²) in [5.74, 6) is 0.817. The first-order chi connectivity index (χ1) is 8.72. The number of tetrazole rings is 1. The van der Waals surface area contributed by atoms with Crippen molar-refractivity contribution in [2.45, 2.75) is 19.8 Å². The largest absolute Gasteiger partial charge is 0.330 e. The maximum Gasteiger partial charge on any atom is 0.159 e. The van der Waals surface area contributed by atoms with Crippen LogP contribution < -0.4 is 5.73 Å². The third kappa shape index (κ3) is 2.60. The van der Waals surface area contributed by atoms with Gasteiger partial charge in [-0.1, -0.05) is 0 Å². The van der Waals surface area contributed by atoms with Gasteiger partial charge in [-0.05, 0) is 54.6 Å². The molecule has 0 aliphatic rings. The van der Waals surface area contributed by atoms with Gasteiger partial charge in [-0.15, -0.1) is 5.10 Å². The lowest BCUT2D eigenvalue weighted by Crippen LogP contribution is -2.07. The summed E-state index contributed by atoms with van der Waals surface area (Å²) in [7, 11) is 0. The number of hydrogen-bond donors (Lipinski definition) is 1. The van der Waals surface area contributed by atoms with Crippen molar-refractivity contribution < 1.29 is 4.79 Å². The molecule has 0 atom stereocenters. The molecule has 1 aromatic heterocycles. The molecule has 0 aliphatic heterocycles. The summed E-state index contributed by atoms with van der Waals surface area (Å²) in [6.45, 7) is 2.15. The van der Waals surface area contributed by atoms with Crippen molar-refractivity contribution in [1.82, 2.24) is 20.2 Å². The second-order valence-corrected chi connectivity index (χ2v) is 4.00. The molecular weight excluding hydrogens is 230 g/mol. The Labute approximate surface area is 105 Å². The maximum atomic E-state index is 11.2. The van der Waals surface area contributed by atoms with Gasteiger partial charge in [0.2, 0.25) is 0 Å². The van der Waals surface area contributed by atoms with Gasteiger partial charge in [0.1, 0.15) is 0 Å². The van der Waals surface area contributed by atoms with E-state index < -0.39 is 0 Å². The van der Waals surface area contributed by atoms with Gasteiger partial charge in [0, 0.05) is 12.0 Å². The van der Waals surface area contributed by atoms with E-state index in [4.69, 9.17) is 5.73 Å². The molecule has 6 heteroatoms. The molecular formula is C12H15N5O. The van der Waals surface area contributed by atoms with Crippen LogP contribution in [0.4, 0.5) is 0 Å². The molecule has 0 bridgehead atoms. The second kappa shape index (κ2) is 5.50. The number of carbonyl (C=O) groups excluding carboxylic acids is 1. The van der Waals surface area contributed by atoms with E-state index in [9.17, 15) is 4.79 Å². The summed E-state index contributed by atoms with van der Waals surface area (Å²) < 4.78 is 1.67. The van der Waals surface area contributed by atoms with Crippen LogP contribution in [0.25, 0.3) is 5.69 Å². The van der Waals surface area contributed by atoms with Crippen molar-refractivity contribution in [2.75, 3.05) is 6.54 Å². The zero-order valence-electron chi connectivity index (χ0n) is 10.2. The minimum Gasteiger partial charge on any atom is -0.330 e. The fourth-order valence-corrected chi connectivity index (χ4v) is 1.66. The third-order valence-electron chi connectivity index (χ3n) is 2.66. The number of nitrogens with two attached hydrogens (primary N) is 1. The van der Waals surface area contributed by atoms with Crippen LogP contribution in [-0.4, -0.2) is 32.5 Å². The summed E-state index contributed by atoms with van der Waals surface area (Å²) >= 11 is 0. The third-order valence-corrected chi connectivity index (χ3v) is 2.66. The second-order valence-electron chi connectivity index (χ2n) is 4.00. The van der Waals surface area contributed by atoms with E-state index in [0.29, 0.717) is 12.1 Å². The van der Waals surface area contributed by atoms with Gasteiger partial charge < -0.3 is 5.73 Å². The number of Topliss-reactive ketones (excluding diaryl/α,β-unsaturated/α-hetero) is 1. The van der Waals surface area contributed by atoms with Gasteiger partial charge in [0.15, 0.2) is 11.6 Å². The summed E-state index contributed by atoms with van der Waals surface area (Å²) in [5.41, 5.74) is 6.99. The molecule has 0 aliphatic carbocycles. The van der Waals surface area contributed by atoms with Crippen molar-refractivity contribution in [3.8, 4) is 5.69 Å². The van der Waals surface area contributed by atoms with Crippen LogP contribution in [0.2, 0.25) is 0 Å². The molecule has 94 valence electrons. The number of hydrogen-bond acceptors (Lipinski definition) is 5. The Hall–Kier alpha value is -2.08. The van der Waals surface area contributed by atoms with Crippen molar-refractivity contribution >= 4 is 5.78 Å². The molecule has 2 rings (SSSR count). The quantitative estimate of drug-likeness (QED) is 0.786. The van der Waals surface area contributed by atoms with E-state index in [0.717, 1.165) is 24.4 Å². The van der Waals surface area contributed by atoms with Crippen molar-refractivity contribution in [2.24, 2.45) is 5.73 Å². The van der Waals surface area contributed by atoms with Crippen LogP contribution >= 0.6 is 0 Å².